The lowest BCUT2D eigenvalue weighted by atomic mass is 9.89. The predicted octanol–water partition coefficient (Wildman–Crippen LogP) is 4.42. The van der Waals surface area contributed by atoms with Crippen LogP contribution in [0.2, 0.25) is 0 Å². The van der Waals surface area contributed by atoms with Crippen LogP contribution in [0.1, 0.15) is 51.9 Å². The summed E-state index contributed by atoms with van der Waals surface area (Å²) in [4.78, 5) is 18.5. The summed E-state index contributed by atoms with van der Waals surface area (Å²) in [5.41, 5.74) is 0.891. The molecule has 2 aliphatic rings. The van der Waals surface area contributed by atoms with E-state index in [4.69, 9.17) is 15.0 Å². The largest absolute Gasteiger partial charge is 0.354 e. The van der Waals surface area contributed by atoms with Crippen molar-refractivity contribution >= 4 is 23.5 Å². The number of para-hydroxylation sites is 1. The van der Waals surface area contributed by atoms with E-state index in [1.54, 1.807) is 0 Å². The molecular weight excluding hydrogens is 412 g/mol. The molecule has 1 aliphatic heterocycles. The average Bonchev–Trinajstić information content (AvgIpc) is 3.33. The molecule has 0 radical (unpaired) electrons. The van der Waals surface area contributed by atoms with Gasteiger partial charge >= 0.3 is 0 Å². The van der Waals surface area contributed by atoms with Gasteiger partial charge in [-0.25, -0.2) is 0 Å². The first-order chi connectivity index (χ1) is 16.3. The van der Waals surface area contributed by atoms with Gasteiger partial charge in [-0.05, 0) is 56.8 Å². The Kier molecular flexibility index (Phi) is 8.31. The molecule has 0 unspecified atom stereocenters. The summed E-state index contributed by atoms with van der Waals surface area (Å²) in [6.07, 6.45) is 8.90. The Morgan fingerprint density at radius 2 is 1.70 bits per heavy atom. The van der Waals surface area contributed by atoms with E-state index in [2.05, 4.69) is 28.5 Å². The molecular formula is C25H36N8. The molecule has 2 aromatic rings. The van der Waals surface area contributed by atoms with Gasteiger partial charge in [-0.1, -0.05) is 44.4 Å². The molecule has 176 valence electrons. The maximum absolute atomic E-state index is 9.48. The summed E-state index contributed by atoms with van der Waals surface area (Å²) in [7, 11) is 0. The highest BCUT2D eigenvalue weighted by atomic mass is 15.3. The van der Waals surface area contributed by atoms with Crippen molar-refractivity contribution in [3.05, 3.63) is 30.3 Å². The number of aromatic nitrogens is 3. The van der Waals surface area contributed by atoms with Crippen LogP contribution in [0.5, 0.6) is 0 Å². The van der Waals surface area contributed by atoms with Crippen molar-refractivity contribution in [2.45, 2.75) is 57.9 Å². The van der Waals surface area contributed by atoms with E-state index >= 15 is 0 Å². The molecule has 1 aliphatic carbocycles. The van der Waals surface area contributed by atoms with Gasteiger partial charge in [0.1, 0.15) is 6.54 Å². The van der Waals surface area contributed by atoms with Gasteiger partial charge in [0.05, 0.1) is 6.07 Å². The number of benzene rings is 1. The third-order valence-corrected chi connectivity index (χ3v) is 6.84. The molecule has 4 rings (SSSR count). The molecule has 8 nitrogen and oxygen atoms in total. The van der Waals surface area contributed by atoms with Crippen molar-refractivity contribution in [2.24, 2.45) is 5.92 Å². The fourth-order valence-electron chi connectivity index (χ4n) is 4.98. The number of rotatable bonds is 10. The van der Waals surface area contributed by atoms with Crippen molar-refractivity contribution in [3.63, 3.8) is 0 Å². The molecule has 0 spiro atoms. The van der Waals surface area contributed by atoms with Crippen molar-refractivity contribution in [1.29, 1.82) is 5.26 Å². The first-order valence-electron chi connectivity index (χ1n) is 12.4. The summed E-state index contributed by atoms with van der Waals surface area (Å²) in [5.74, 6) is 2.29. The van der Waals surface area contributed by atoms with Gasteiger partial charge in [0.15, 0.2) is 0 Å². The van der Waals surface area contributed by atoms with E-state index in [0.29, 0.717) is 29.8 Å². The van der Waals surface area contributed by atoms with Crippen LogP contribution in [-0.4, -0.2) is 58.6 Å². The molecule has 1 saturated carbocycles. The maximum atomic E-state index is 9.48. The maximum Gasteiger partial charge on any atom is 0.237 e. The Morgan fingerprint density at radius 3 is 2.39 bits per heavy atom. The lowest BCUT2D eigenvalue weighted by Crippen LogP contribution is -2.35. The molecule has 1 atom stereocenters. The normalized spacial score (nSPS) is 19.2. The predicted molar refractivity (Wildman–Crippen MR) is 133 cm³/mol. The molecule has 2 fully saturated rings. The number of nitriles is 1. The van der Waals surface area contributed by atoms with Gasteiger partial charge in [0.25, 0.3) is 0 Å². The van der Waals surface area contributed by atoms with Crippen LogP contribution in [0, 0.1) is 17.2 Å². The third kappa shape index (κ3) is 6.32. The first-order valence-corrected chi connectivity index (χ1v) is 12.4. The van der Waals surface area contributed by atoms with Crippen LogP contribution >= 0.6 is 0 Å². The molecule has 1 aromatic heterocycles. The average molecular weight is 449 g/mol. The molecule has 0 amide bonds. The van der Waals surface area contributed by atoms with Gasteiger partial charge in [-0.2, -0.15) is 20.2 Å². The SMILES string of the molecule is CCN1CCC[C@H]1CNc1nc(NCC2CCCCC2)nc(N(CC#N)c2ccccc2)n1. The van der Waals surface area contributed by atoms with Crippen LogP contribution in [0.4, 0.5) is 23.5 Å². The summed E-state index contributed by atoms with van der Waals surface area (Å²) < 4.78 is 0. The van der Waals surface area contributed by atoms with Crippen molar-refractivity contribution in [3.8, 4) is 6.07 Å². The number of likely N-dealkylation sites (tertiary alicyclic amines) is 1. The van der Waals surface area contributed by atoms with Gasteiger partial charge in [0.2, 0.25) is 17.8 Å². The Hall–Kier alpha value is -2.92. The van der Waals surface area contributed by atoms with Gasteiger partial charge < -0.3 is 10.6 Å². The summed E-state index contributed by atoms with van der Waals surface area (Å²) >= 11 is 0. The fourth-order valence-corrected chi connectivity index (χ4v) is 4.98. The van der Waals surface area contributed by atoms with Gasteiger partial charge in [0, 0.05) is 24.8 Å². The van der Waals surface area contributed by atoms with E-state index in [9.17, 15) is 5.26 Å². The Morgan fingerprint density at radius 1 is 0.970 bits per heavy atom. The molecule has 1 saturated heterocycles. The van der Waals surface area contributed by atoms with Crippen molar-refractivity contribution < 1.29 is 0 Å². The summed E-state index contributed by atoms with van der Waals surface area (Å²) in [6.45, 7) is 6.28. The van der Waals surface area contributed by atoms with E-state index in [1.807, 2.05) is 35.2 Å². The second-order valence-corrected chi connectivity index (χ2v) is 9.05. The number of hydrogen-bond acceptors (Lipinski definition) is 8. The van der Waals surface area contributed by atoms with Crippen LogP contribution in [0.3, 0.4) is 0 Å². The fraction of sp³-hybridized carbons (Fsp3) is 0.600. The zero-order chi connectivity index (χ0) is 22.9. The number of likely N-dealkylation sites (N-methyl/N-ethyl adjacent to an activating group) is 1. The molecule has 1 aromatic carbocycles. The highest BCUT2D eigenvalue weighted by Crippen LogP contribution is 2.26. The minimum atomic E-state index is 0.168. The number of anilines is 4. The number of nitrogens with one attached hydrogen (secondary N) is 2. The summed E-state index contributed by atoms with van der Waals surface area (Å²) in [5, 5.41) is 16.4. The zero-order valence-corrected chi connectivity index (χ0v) is 19.7. The minimum Gasteiger partial charge on any atom is -0.354 e. The van der Waals surface area contributed by atoms with E-state index in [0.717, 1.165) is 31.9 Å². The number of nitrogens with zero attached hydrogens (tertiary/aromatic N) is 6. The second-order valence-electron chi connectivity index (χ2n) is 9.05. The Bertz CT molecular complexity index is 906. The second kappa shape index (κ2) is 11.8. The molecule has 33 heavy (non-hydrogen) atoms. The van der Waals surface area contributed by atoms with Gasteiger partial charge in [-0.15, -0.1) is 0 Å². The highest BCUT2D eigenvalue weighted by molar-refractivity contribution is 5.60. The molecule has 2 heterocycles. The Balaban J connectivity index is 1.55. The zero-order valence-electron chi connectivity index (χ0n) is 19.7. The van der Waals surface area contributed by atoms with Crippen LogP contribution in [0.15, 0.2) is 30.3 Å². The van der Waals surface area contributed by atoms with Crippen molar-refractivity contribution in [2.75, 3.05) is 48.3 Å². The monoisotopic (exact) mass is 448 g/mol. The van der Waals surface area contributed by atoms with E-state index < -0.39 is 0 Å². The first kappa shape index (κ1) is 23.2. The van der Waals surface area contributed by atoms with E-state index in [1.165, 1.54) is 44.9 Å². The lowest BCUT2D eigenvalue weighted by Gasteiger charge is -2.24. The van der Waals surface area contributed by atoms with Crippen LogP contribution in [0.25, 0.3) is 0 Å². The lowest BCUT2D eigenvalue weighted by molar-refractivity contribution is 0.277. The van der Waals surface area contributed by atoms with Gasteiger partial charge in [-0.3, -0.25) is 9.80 Å². The van der Waals surface area contributed by atoms with Crippen molar-refractivity contribution in [1.82, 2.24) is 19.9 Å². The summed E-state index contributed by atoms with van der Waals surface area (Å²) in [6, 6.07) is 12.6. The minimum absolute atomic E-state index is 0.168. The van der Waals surface area contributed by atoms with E-state index in [-0.39, 0.29) is 6.54 Å². The quantitative estimate of drug-likeness (QED) is 0.516. The topological polar surface area (TPSA) is 93.0 Å². The standard InChI is InChI=1S/C25H36N8/c1-2-32-16-9-14-22(32)19-28-24-29-23(27-18-20-10-5-3-6-11-20)30-25(31-24)33(17-15-26)21-12-7-4-8-13-21/h4,7-8,12-13,20,22H,2-3,5-6,9-11,14,16-19H2,1H3,(H2,27,28,29,30,31)/t22-/m0/s1. The highest BCUT2D eigenvalue weighted by Gasteiger charge is 2.23. The van der Waals surface area contributed by atoms with Crippen LogP contribution < -0.4 is 15.5 Å². The Labute approximate surface area is 197 Å². The molecule has 2 N–H and O–H groups in total. The number of hydrogen-bond donors (Lipinski definition) is 2. The third-order valence-electron chi connectivity index (χ3n) is 6.84. The smallest absolute Gasteiger partial charge is 0.237 e. The molecule has 0 bridgehead atoms. The molecule has 8 heteroatoms. The van der Waals surface area contributed by atoms with Crippen LogP contribution in [-0.2, 0) is 0 Å².